The molecule has 3 rings (SSSR count). The summed E-state index contributed by atoms with van der Waals surface area (Å²) in [6, 6.07) is 7.95. The predicted octanol–water partition coefficient (Wildman–Crippen LogP) is 4.80. The molecule has 196 valence electrons. The van der Waals surface area contributed by atoms with Crippen LogP contribution >= 0.6 is 15.9 Å². The van der Waals surface area contributed by atoms with Gasteiger partial charge in [0.05, 0.1) is 35.8 Å². The van der Waals surface area contributed by atoms with E-state index >= 15 is 0 Å². The van der Waals surface area contributed by atoms with Gasteiger partial charge in [-0.15, -0.1) is 0 Å². The first-order valence-corrected chi connectivity index (χ1v) is 12.4. The lowest BCUT2D eigenvalue weighted by atomic mass is 10.1. The summed E-state index contributed by atoms with van der Waals surface area (Å²) < 4.78 is 17.7. The Kier molecular flexibility index (Phi) is 8.98. The molecule has 3 aromatic rings. The number of nitrogens with zero attached hydrogens (tertiary/aromatic N) is 4. The fourth-order valence-corrected chi connectivity index (χ4v) is 3.85. The Morgan fingerprint density at radius 1 is 1.27 bits per heavy atom. The summed E-state index contributed by atoms with van der Waals surface area (Å²) in [6.45, 7) is 7.21. The summed E-state index contributed by atoms with van der Waals surface area (Å²) in [6.07, 6.45) is 0.929. The molecule has 0 fully saturated rings. The van der Waals surface area contributed by atoms with Gasteiger partial charge in [0.2, 0.25) is 5.75 Å². The second kappa shape index (κ2) is 12.0. The molecule has 1 aromatic heterocycles. The maximum atomic E-state index is 13.3. The van der Waals surface area contributed by atoms with Gasteiger partial charge in [0.15, 0.2) is 11.9 Å². The highest BCUT2D eigenvalue weighted by atomic mass is 79.9. The monoisotopic (exact) mass is 574 g/mol. The van der Waals surface area contributed by atoms with Crippen molar-refractivity contribution in [1.82, 2.24) is 9.66 Å². The second-order valence-corrected chi connectivity index (χ2v) is 9.06. The number of fused-ring (bicyclic) bond motifs is 1. The SMILES string of the molecule is CCOc1cc(C=Nn2c([C@H](C)CC)nc3ccc(Br)cc3c2=O)cc([N+](=O)[O-])c1O[C@@H](C)C(=O)OC. The number of hydrogen-bond donors (Lipinski definition) is 0. The van der Waals surface area contributed by atoms with Crippen molar-refractivity contribution in [3.05, 3.63) is 66.7 Å². The Balaban J connectivity index is 2.17. The molecule has 0 spiro atoms. The standard InChI is InChI=1S/C25H27BrN4O7/c1-6-14(3)23-28-19-9-8-17(26)12-18(19)24(31)29(23)27-13-16-10-20(30(33)34)22(21(11-16)36-7-2)37-15(4)25(32)35-5/h8-15H,6-7H2,1-5H3/t14-,15+/m1/s1. The van der Waals surface area contributed by atoms with Crippen molar-refractivity contribution in [3.8, 4) is 11.5 Å². The number of carbonyl (C=O) groups excluding carboxylic acids is 1. The van der Waals surface area contributed by atoms with E-state index in [0.717, 1.165) is 4.47 Å². The second-order valence-electron chi connectivity index (χ2n) is 8.14. The first kappa shape index (κ1) is 27.8. The van der Waals surface area contributed by atoms with Crippen molar-refractivity contribution in [2.24, 2.45) is 5.10 Å². The third-order valence-electron chi connectivity index (χ3n) is 5.59. The minimum atomic E-state index is -1.11. The first-order chi connectivity index (χ1) is 17.6. The van der Waals surface area contributed by atoms with E-state index in [2.05, 4.69) is 30.8 Å². The minimum absolute atomic E-state index is 0.0453. The van der Waals surface area contributed by atoms with E-state index in [0.29, 0.717) is 23.1 Å². The summed E-state index contributed by atoms with van der Waals surface area (Å²) in [5, 5.41) is 16.6. The first-order valence-electron chi connectivity index (χ1n) is 11.6. The van der Waals surface area contributed by atoms with Gasteiger partial charge in [-0.1, -0.05) is 29.8 Å². The van der Waals surface area contributed by atoms with Gasteiger partial charge in [0, 0.05) is 22.0 Å². The molecule has 1 heterocycles. The normalized spacial score (nSPS) is 12.9. The van der Waals surface area contributed by atoms with Crippen LogP contribution in [0.4, 0.5) is 5.69 Å². The predicted molar refractivity (Wildman–Crippen MR) is 142 cm³/mol. The summed E-state index contributed by atoms with van der Waals surface area (Å²) in [5.41, 5.74) is 0.0254. The van der Waals surface area contributed by atoms with Crippen LogP contribution in [0.5, 0.6) is 11.5 Å². The molecule has 0 radical (unpaired) electrons. The maximum absolute atomic E-state index is 13.3. The molecular formula is C25H27BrN4O7. The number of benzene rings is 2. The highest BCUT2D eigenvalue weighted by molar-refractivity contribution is 9.10. The van der Waals surface area contributed by atoms with E-state index in [1.54, 1.807) is 19.1 Å². The van der Waals surface area contributed by atoms with Crippen LogP contribution in [0.2, 0.25) is 0 Å². The number of carbonyl (C=O) groups is 1. The Hall–Kier alpha value is -3.80. The number of esters is 1. The third-order valence-corrected chi connectivity index (χ3v) is 6.08. The number of nitro groups is 1. The van der Waals surface area contributed by atoms with Crippen LogP contribution < -0.4 is 15.0 Å². The van der Waals surface area contributed by atoms with E-state index < -0.39 is 22.7 Å². The fraction of sp³-hybridized carbons (Fsp3) is 0.360. The summed E-state index contributed by atoms with van der Waals surface area (Å²) in [4.78, 5) is 41.1. The number of hydrogen-bond acceptors (Lipinski definition) is 9. The molecule has 37 heavy (non-hydrogen) atoms. The van der Waals surface area contributed by atoms with Gasteiger partial charge >= 0.3 is 11.7 Å². The Bertz CT molecular complexity index is 1420. The van der Waals surface area contributed by atoms with Gasteiger partial charge < -0.3 is 14.2 Å². The molecule has 11 nitrogen and oxygen atoms in total. The number of ether oxygens (including phenoxy) is 3. The zero-order valence-corrected chi connectivity index (χ0v) is 22.6. The Morgan fingerprint density at radius 2 is 2.00 bits per heavy atom. The summed E-state index contributed by atoms with van der Waals surface area (Å²) in [5.74, 6) is -0.484. The van der Waals surface area contributed by atoms with Gasteiger partial charge in [0.1, 0.15) is 5.82 Å². The lowest BCUT2D eigenvalue weighted by Gasteiger charge is -2.16. The number of methoxy groups -OCH3 is 1. The van der Waals surface area contributed by atoms with Gasteiger partial charge in [0.25, 0.3) is 5.56 Å². The van der Waals surface area contributed by atoms with Crippen molar-refractivity contribution in [2.45, 2.75) is 46.1 Å². The molecule has 0 amide bonds. The molecule has 0 saturated heterocycles. The highest BCUT2D eigenvalue weighted by Gasteiger charge is 2.27. The van der Waals surface area contributed by atoms with E-state index in [-0.39, 0.29) is 35.1 Å². The number of rotatable bonds is 10. The van der Waals surface area contributed by atoms with Crippen molar-refractivity contribution in [3.63, 3.8) is 0 Å². The van der Waals surface area contributed by atoms with Crippen LogP contribution in [0.15, 0.2) is 44.7 Å². The Labute approximate surface area is 221 Å². The van der Waals surface area contributed by atoms with Crippen LogP contribution in [0, 0.1) is 10.1 Å². The number of aromatic nitrogens is 2. The molecule has 0 N–H and O–H groups in total. The van der Waals surface area contributed by atoms with Crippen LogP contribution in [-0.2, 0) is 9.53 Å². The smallest absolute Gasteiger partial charge is 0.346 e. The molecule has 0 unspecified atom stereocenters. The van der Waals surface area contributed by atoms with Crippen LogP contribution in [-0.4, -0.2) is 46.6 Å². The molecule has 0 saturated carbocycles. The molecule has 0 aliphatic rings. The average Bonchev–Trinajstić information content (AvgIpc) is 2.88. The van der Waals surface area contributed by atoms with Crippen LogP contribution in [0.1, 0.15) is 51.4 Å². The number of nitro benzene ring substituents is 1. The lowest BCUT2D eigenvalue weighted by Crippen LogP contribution is -2.25. The largest absolute Gasteiger partial charge is 0.490 e. The molecular weight excluding hydrogens is 548 g/mol. The van der Waals surface area contributed by atoms with E-state index in [9.17, 15) is 19.7 Å². The van der Waals surface area contributed by atoms with E-state index in [4.69, 9.17) is 9.47 Å². The molecule has 0 aliphatic carbocycles. The zero-order valence-electron chi connectivity index (χ0n) is 21.1. The fourth-order valence-electron chi connectivity index (χ4n) is 3.49. The van der Waals surface area contributed by atoms with Crippen LogP contribution in [0.25, 0.3) is 10.9 Å². The third kappa shape index (κ3) is 6.13. The van der Waals surface area contributed by atoms with Gasteiger partial charge in [-0.2, -0.15) is 9.78 Å². The molecule has 0 bridgehead atoms. The topological polar surface area (TPSA) is 135 Å². The number of halogens is 1. The van der Waals surface area contributed by atoms with Crippen molar-refractivity contribution in [2.75, 3.05) is 13.7 Å². The van der Waals surface area contributed by atoms with Crippen molar-refractivity contribution >= 4 is 44.7 Å². The zero-order chi connectivity index (χ0) is 27.3. The lowest BCUT2D eigenvalue weighted by molar-refractivity contribution is -0.386. The summed E-state index contributed by atoms with van der Waals surface area (Å²) in [7, 11) is 1.19. The highest BCUT2D eigenvalue weighted by Crippen LogP contribution is 2.39. The molecule has 2 aromatic carbocycles. The Morgan fingerprint density at radius 3 is 2.62 bits per heavy atom. The van der Waals surface area contributed by atoms with E-state index in [1.807, 2.05) is 19.9 Å². The van der Waals surface area contributed by atoms with Crippen molar-refractivity contribution < 1.29 is 23.9 Å². The average molecular weight is 575 g/mol. The minimum Gasteiger partial charge on any atom is -0.490 e. The van der Waals surface area contributed by atoms with Gasteiger partial charge in [-0.25, -0.2) is 9.78 Å². The molecule has 2 atom stereocenters. The molecule has 0 aliphatic heterocycles. The maximum Gasteiger partial charge on any atom is 0.346 e. The summed E-state index contributed by atoms with van der Waals surface area (Å²) >= 11 is 3.38. The van der Waals surface area contributed by atoms with Crippen LogP contribution in [0.3, 0.4) is 0 Å². The van der Waals surface area contributed by atoms with E-state index in [1.165, 1.54) is 37.1 Å². The molecule has 12 heteroatoms. The van der Waals surface area contributed by atoms with Crippen molar-refractivity contribution in [1.29, 1.82) is 0 Å². The quantitative estimate of drug-likeness (QED) is 0.146. The van der Waals surface area contributed by atoms with Gasteiger partial charge in [-0.05, 0) is 44.5 Å². The van der Waals surface area contributed by atoms with Gasteiger partial charge in [-0.3, -0.25) is 14.9 Å².